The monoisotopic (exact) mass is 258 g/mol. The van der Waals surface area contributed by atoms with Crippen molar-refractivity contribution in [2.45, 2.75) is 6.42 Å². The first kappa shape index (κ1) is 9.45. The molecule has 0 saturated carbocycles. The van der Waals surface area contributed by atoms with Gasteiger partial charge in [0.2, 0.25) is 0 Å². The quantitative estimate of drug-likeness (QED) is 0.555. The van der Waals surface area contributed by atoms with Crippen molar-refractivity contribution in [2.24, 2.45) is 5.16 Å². The topological polar surface area (TPSA) is 44.6 Å². The first-order valence-electron chi connectivity index (χ1n) is 4.16. The van der Waals surface area contributed by atoms with E-state index in [2.05, 4.69) is 26.4 Å². The molecule has 1 aromatic carbocycles. The Morgan fingerprint density at radius 1 is 1.50 bits per heavy atom. The zero-order valence-electron chi connectivity index (χ0n) is 7.22. The van der Waals surface area contributed by atoms with Crippen LogP contribution in [0.25, 0.3) is 0 Å². The van der Waals surface area contributed by atoms with Gasteiger partial charge in [0.1, 0.15) is 5.82 Å². The predicted molar refractivity (Wildman–Crippen MR) is 55.5 cm³/mol. The summed E-state index contributed by atoms with van der Waals surface area (Å²) in [6.07, 6.45) is 0.597. The first-order valence-corrected chi connectivity index (χ1v) is 4.96. The van der Waals surface area contributed by atoms with Crippen LogP contribution >= 0.6 is 15.9 Å². The van der Waals surface area contributed by atoms with E-state index in [0.717, 1.165) is 5.69 Å². The van der Waals surface area contributed by atoms with E-state index >= 15 is 0 Å². The molecule has 0 radical (unpaired) electrons. The number of nitrogens with zero attached hydrogens (tertiary/aromatic N) is 1. The molecule has 1 aromatic rings. The van der Waals surface area contributed by atoms with E-state index < -0.39 is 0 Å². The van der Waals surface area contributed by atoms with Crippen molar-refractivity contribution in [3.05, 3.63) is 28.0 Å². The Morgan fingerprint density at radius 3 is 3.00 bits per heavy atom. The smallest absolute Gasteiger partial charge is 0.125 e. The fraction of sp³-hybridized carbons (Fsp3) is 0.222. The largest absolute Gasteiger partial charge is 0.411 e. The summed E-state index contributed by atoms with van der Waals surface area (Å²) in [6.45, 7) is 0.691. The maximum absolute atomic E-state index is 13.1. The summed E-state index contributed by atoms with van der Waals surface area (Å²) < 4.78 is 13.7. The van der Waals surface area contributed by atoms with E-state index in [1.807, 2.05) is 0 Å². The molecule has 1 aliphatic heterocycles. The summed E-state index contributed by atoms with van der Waals surface area (Å²) in [6, 6.07) is 2.74. The van der Waals surface area contributed by atoms with Gasteiger partial charge < -0.3 is 10.5 Å². The molecule has 1 aliphatic rings. The van der Waals surface area contributed by atoms with Gasteiger partial charge in [-0.25, -0.2) is 4.39 Å². The number of rotatable bonds is 0. The molecular formula is C9H8BrFN2O. The van der Waals surface area contributed by atoms with Crippen molar-refractivity contribution in [2.75, 3.05) is 11.9 Å². The van der Waals surface area contributed by atoms with E-state index in [9.17, 15) is 4.39 Å². The SMILES string of the molecule is O/N=C1\CCNc2c(Br)cc(F)cc21. The van der Waals surface area contributed by atoms with Gasteiger partial charge in [-0.05, 0) is 28.1 Å². The second-order valence-electron chi connectivity index (χ2n) is 3.03. The molecule has 5 heteroatoms. The van der Waals surface area contributed by atoms with Gasteiger partial charge in [0.15, 0.2) is 0 Å². The lowest BCUT2D eigenvalue weighted by Gasteiger charge is -2.20. The van der Waals surface area contributed by atoms with Gasteiger partial charge in [-0.15, -0.1) is 0 Å². The maximum atomic E-state index is 13.1. The average Bonchev–Trinajstić information content (AvgIpc) is 2.17. The minimum absolute atomic E-state index is 0.347. The van der Waals surface area contributed by atoms with Gasteiger partial charge in [0, 0.05) is 23.0 Å². The zero-order chi connectivity index (χ0) is 10.1. The second kappa shape index (κ2) is 3.57. The van der Waals surface area contributed by atoms with Gasteiger partial charge in [0.25, 0.3) is 0 Å². The molecule has 0 aromatic heterocycles. The minimum atomic E-state index is -0.347. The predicted octanol–water partition coefficient (Wildman–Crippen LogP) is 2.58. The van der Waals surface area contributed by atoms with Crippen molar-refractivity contribution < 1.29 is 9.60 Å². The number of fused-ring (bicyclic) bond motifs is 1. The molecule has 0 atom stereocenters. The van der Waals surface area contributed by atoms with Crippen LogP contribution in [0.1, 0.15) is 12.0 Å². The molecule has 3 nitrogen and oxygen atoms in total. The van der Waals surface area contributed by atoms with Crippen LogP contribution in [-0.4, -0.2) is 17.5 Å². The fourth-order valence-corrected chi connectivity index (χ4v) is 2.10. The van der Waals surface area contributed by atoms with Gasteiger partial charge in [-0.3, -0.25) is 0 Å². The van der Waals surface area contributed by atoms with Crippen LogP contribution in [0.15, 0.2) is 21.8 Å². The number of hydrogen-bond acceptors (Lipinski definition) is 3. The van der Waals surface area contributed by atoms with Crippen molar-refractivity contribution in [1.29, 1.82) is 0 Å². The molecule has 0 unspecified atom stereocenters. The molecule has 0 fully saturated rings. The molecule has 2 N–H and O–H groups in total. The van der Waals surface area contributed by atoms with Gasteiger partial charge >= 0.3 is 0 Å². The molecule has 0 bridgehead atoms. The Labute approximate surface area is 88.7 Å². The lowest BCUT2D eigenvalue weighted by atomic mass is 10.0. The van der Waals surface area contributed by atoms with Crippen LogP contribution in [-0.2, 0) is 0 Å². The van der Waals surface area contributed by atoms with Crippen LogP contribution in [0.2, 0.25) is 0 Å². The van der Waals surface area contributed by atoms with Crippen molar-refractivity contribution in [1.82, 2.24) is 0 Å². The van der Waals surface area contributed by atoms with E-state index in [1.165, 1.54) is 12.1 Å². The highest BCUT2D eigenvalue weighted by Crippen LogP contribution is 2.31. The van der Waals surface area contributed by atoms with E-state index in [4.69, 9.17) is 5.21 Å². The van der Waals surface area contributed by atoms with Crippen LogP contribution in [0.5, 0.6) is 0 Å². The number of anilines is 1. The second-order valence-corrected chi connectivity index (χ2v) is 3.89. The minimum Gasteiger partial charge on any atom is -0.411 e. The number of oxime groups is 1. The third-order valence-corrected chi connectivity index (χ3v) is 2.78. The molecule has 0 spiro atoms. The van der Waals surface area contributed by atoms with E-state index in [1.54, 1.807) is 0 Å². The molecule has 14 heavy (non-hydrogen) atoms. The fourth-order valence-electron chi connectivity index (χ4n) is 1.53. The highest BCUT2D eigenvalue weighted by atomic mass is 79.9. The number of halogens is 2. The van der Waals surface area contributed by atoms with Crippen LogP contribution in [0, 0.1) is 5.82 Å². The normalized spacial score (nSPS) is 17.7. The van der Waals surface area contributed by atoms with Crippen LogP contribution < -0.4 is 5.32 Å². The van der Waals surface area contributed by atoms with Crippen LogP contribution in [0.4, 0.5) is 10.1 Å². The maximum Gasteiger partial charge on any atom is 0.125 e. The summed E-state index contributed by atoms with van der Waals surface area (Å²) in [5, 5.41) is 15.0. The van der Waals surface area contributed by atoms with Gasteiger partial charge in [0.05, 0.1) is 11.4 Å². The Balaban J connectivity index is 2.62. The number of nitrogens with one attached hydrogen (secondary N) is 1. The summed E-state index contributed by atoms with van der Waals surface area (Å²) in [4.78, 5) is 0. The molecule has 2 rings (SSSR count). The molecule has 1 heterocycles. The summed E-state index contributed by atoms with van der Waals surface area (Å²) in [5.41, 5.74) is 1.91. The summed E-state index contributed by atoms with van der Waals surface area (Å²) in [7, 11) is 0. The molecule has 0 amide bonds. The first-order chi connectivity index (χ1) is 6.72. The average molecular weight is 259 g/mol. The lowest BCUT2D eigenvalue weighted by molar-refractivity contribution is 0.318. The van der Waals surface area contributed by atoms with E-state index in [0.29, 0.717) is 28.7 Å². The Kier molecular flexibility index (Phi) is 2.41. The van der Waals surface area contributed by atoms with Crippen LogP contribution in [0.3, 0.4) is 0 Å². The lowest BCUT2D eigenvalue weighted by Crippen LogP contribution is -2.19. The van der Waals surface area contributed by atoms with Crippen molar-refractivity contribution in [3.8, 4) is 0 Å². The van der Waals surface area contributed by atoms with Crippen molar-refractivity contribution in [3.63, 3.8) is 0 Å². The standard InChI is InChI=1S/C9H8BrFN2O/c10-7-4-5(11)3-6-8(13-14)1-2-12-9(6)7/h3-4,12,14H,1-2H2/b13-8+. The highest BCUT2D eigenvalue weighted by Gasteiger charge is 2.18. The van der Waals surface area contributed by atoms with Crippen molar-refractivity contribution >= 4 is 27.3 Å². The zero-order valence-corrected chi connectivity index (χ0v) is 8.81. The molecule has 0 aliphatic carbocycles. The van der Waals surface area contributed by atoms with Gasteiger partial charge in [-0.2, -0.15) is 0 Å². The molecular weight excluding hydrogens is 251 g/mol. The summed E-state index contributed by atoms with van der Waals surface area (Å²) >= 11 is 3.25. The Morgan fingerprint density at radius 2 is 2.29 bits per heavy atom. The highest BCUT2D eigenvalue weighted by molar-refractivity contribution is 9.10. The Bertz CT molecular complexity index is 406. The third kappa shape index (κ3) is 1.48. The Hall–Kier alpha value is -1.10. The summed E-state index contributed by atoms with van der Waals surface area (Å²) in [5.74, 6) is -0.347. The third-order valence-electron chi connectivity index (χ3n) is 2.15. The molecule has 0 saturated heterocycles. The van der Waals surface area contributed by atoms with E-state index in [-0.39, 0.29) is 5.82 Å². The molecule has 74 valence electrons. The number of hydrogen-bond donors (Lipinski definition) is 2. The van der Waals surface area contributed by atoms with Gasteiger partial charge in [-0.1, -0.05) is 5.16 Å². The number of benzene rings is 1.